The van der Waals surface area contributed by atoms with Gasteiger partial charge in [-0.15, -0.1) is 0 Å². The van der Waals surface area contributed by atoms with Crippen LogP contribution in [0, 0.1) is 0 Å². The van der Waals surface area contributed by atoms with E-state index >= 15 is 0 Å². The molecule has 1 aliphatic rings. The molecular weight excluding hydrogens is 238 g/mol. The molecule has 1 aromatic heterocycles. The van der Waals surface area contributed by atoms with Crippen LogP contribution in [0.3, 0.4) is 0 Å². The fraction of sp³-hybridized carbons (Fsp3) is 0.400. The number of fused-ring (bicyclic) bond motifs is 1. The highest BCUT2D eigenvalue weighted by Crippen LogP contribution is 2.35. The number of aliphatic hydroxyl groups is 1. The highest BCUT2D eigenvalue weighted by atomic mass is 16.3. The molecule has 2 aromatic rings. The molecule has 3 rings (SSSR count). The van der Waals surface area contributed by atoms with E-state index < -0.39 is 0 Å². The molecule has 1 aromatic carbocycles. The Hall–Kier alpha value is -1.65. The van der Waals surface area contributed by atoms with E-state index in [0.717, 1.165) is 25.1 Å². The SMILES string of the molecule is OCCN(Cc1ccn[nH]1)C1CCc2ccccc21. The molecule has 0 saturated carbocycles. The molecular formula is C15H19N3O. The summed E-state index contributed by atoms with van der Waals surface area (Å²) in [5.41, 5.74) is 3.95. The molecule has 0 bridgehead atoms. The first-order valence-electron chi connectivity index (χ1n) is 6.79. The number of benzene rings is 1. The minimum atomic E-state index is 0.187. The van der Waals surface area contributed by atoms with E-state index in [1.165, 1.54) is 11.1 Å². The highest BCUT2D eigenvalue weighted by molar-refractivity contribution is 5.34. The minimum absolute atomic E-state index is 0.187. The van der Waals surface area contributed by atoms with Crippen molar-refractivity contribution in [2.45, 2.75) is 25.4 Å². The normalized spacial score (nSPS) is 17.9. The average molecular weight is 257 g/mol. The molecule has 0 saturated heterocycles. The number of nitrogens with one attached hydrogen (secondary N) is 1. The Labute approximate surface area is 113 Å². The van der Waals surface area contributed by atoms with Crippen LogP contribution in [-0.2, 0) is 13.0 Å². The van der Waals surface area contributed by atoms with Gasteiger partial charge < -0.3 is 5.11 Å². The van der Waals surface area contributed by atoms with E-state index in [1.807, 2.05) is 6.07 Å². The largest absolute Gasteiger partial charge is 0.395 e. The quantitative estimate of drug-likeness (QED) is 0.860. The van der Waals surface area contributed by atoms with Crippen molar-refractivity contribution >= 4 is 0 Å². The number of H-pyrrole nitrogens is 1. The smallest absolute Gasteiger partial charge is 0.0558 e. The Balaban J connectivity index is 1.81. The summed E-state index contributed by atoms with van der Waals surface area (Å²) < 4.78 is 0. The Morgan fingerprint density at radius 1 is 1.32 bits per heavy atom. The van der Waals surface area contributed by atoms with Crippen LogP contribution >= 0.6 is 0 Å². The summed E-state index contributed by atoms with van der Waals surface area (Å²) in [4.78, 5) is 2.33. The number of aryl methyl sites for hydroxylation is 1. The van der Waals surface area contributed by atoms with E-state index in [0.29, 0.717) is 12.6 Å². The summed E-state index contributed by atoms with van der Waals surface area (Å²) in [5.74, 6) is 0. The van der Waals surface area contributed by atoms with Crippen LogP contribution in [0.2, 0.25) is 0 Å². The second kappa shape index (κ2) is 5.55. The predicted molar refractivity (Wildman–Crippen MR) is 73.6 cm³/mol. The van der Waals surface area contributed by atoms with E-state index in [4.69, 9.17) is 0 Å². The maximum Gasteiger partial charge on any atom is 0.0558 e. The molecule has 19 heavy (non-hydrogen) atoms. The molecule has 1 atom stereocenters. The van der Waals surface area contributed by atoms with Crippen LogP contribution in [0.4, 0.5) is 0 Å². The Kier molecular flexibility index (Phi) is 3.62. The van der Waals surface area contributed by atoms with Crippen molar-refractivity contribution in [3.8, 4) is 0 Å². The first-order chi connectivity index (χ1) is 9.38. The average Bonchev–Trinajstić information content (AvgIpc) is 3.07. The molecule has 1 aliphatic carbocycles. The van der Waals surface area contributed by atoms with Gasteiger partial charge in [-0.3, -0.25) is 10.00 Å². The highest BCUT2D eigenvalue weighted by Gasteiger charge is 2.27. The molecule has 1 heterocycles. The third kappa shape index (κ3) is 2.55. The van der Waals surface area contributed by atoms with Gasteiger partial charge in [-0.25, -0.2) is 0 Å². The van der Waals surface area contributed by atoms with Crippen LogP contribution in [0.5, 0.6) is 0 Å². The second-order valence-corrected chi connectivity index (χ2v) is 5.03. The molecule has 0 fully saturated rings. The molecule has 0 radical (unpaired) electrons. The maximum atomic E-state index is 9.31. The third-order valence-electron chi connectivity index (χ3n) is 3.86. The lowest BCUT2D eigenvalue weighted by molar-refractivity contribution is 0.141. The van der Waals surface area contributed by atoms with Gasteiger partial charge in [0.2, 0.25) is 0 Å². The van der Waals surface area contributed by atoms with Gasteiger partial charge in [-0.2, -0.15) is 5.10 Å². The molecule has 0 spiro atoms. The number of aliphatic hydroxyl groups excluding tert-OH is 1. The fourth-order valence-electron chi connectivity index (χ4n) is 2.98. The number of rotatable bonds is 5. The van der Waals surface area contributed by atoms with Crippen LogP contribution in [-0.4, -0.2) is 33.4 Å². The van der Waals surface area contributed by atoms with Crippen LogP contribution in [0.1, 0.15) is 29.3 Å². The summed E-state index contributed by atoms with van der Waals surface area (Å²) in [6.07, 6.45) is 4.04. The van der Waals surface area contributed by atoms with E-state index in [-0.39, 0.29) is 6.61 Å². The van der Waals surface area contributed by atoms with E-state index in [2.05, 4.69) is 39.4 Å². The summed E-state index contributed by atoms with van der Waals surface area (Å²) in [7, 11) is 0. The van der Waals surface area contributed by atoms with Gasteiger partial charge >= 0.3 is 0 Å². The number of aromatic nitrogens is 2. The number of nitrogens with zero attached hydrogens (tertiary/aromatic N) is 2. The van der Waals surface area contributed by atoms with Crippen molar-refractivity contribution in [2.24, 2.45) is 0 Å². The standard InChI is InChI=1S/C15H19N3O/c19-10-9-18(11-13-7-8-16-17-13)15-6-5-12-3-1-2-4-14(12)15/h1-4,7-8,15,19H,5-6,9-11H2,(H,16,17). The molecule has 0 amide bonds. The number of hydrogen-bond donors (Lipinski definition) is 2. The molecule has 100 valence electrons. The maximum absolute atomic E-state index is 9.31. The van der Waals surface area contributed by atoms with Crippen molar-refractivity contribution in [3.05, 3.63) is 53.3 Å². The first kappa shape index (κ1) is 12.4. The third-order valence-corrected chi connectivity index (χ3v) is 3.86. The van der Waals surface area contributed by atoms with Gasteiger partial charge in [-0.1, -0.05) is 24.3 Å². The summed E-state index contributed by atoms with van der Waals surface area (Å²) in [6, 6.07) is 11.0. The monoisotopic (exact) mass is 257 g/mol. The lowest BCUT2D eigenvalue weighted by Gasteiger charge is -2.28. The van der Waals surface area contributed by atoms with Crippen molar-refractivity contribution in [2.75, 3.05) is 13.2 Å². The van der Waals surface area contributed by atoms with Gasteiger partial charge in [0.25, 0.3) is 0 Å². The molecule has 2 N–H and O–H groups in total. The van der Waals surface area contributed by atoms with Gasteiger partial charge in [-0.05, 0) is 30.0 Å². The first-order valence-corrected chi connectivity index (χ1v) is 6.79. The van der Waals surface area contributed by atoms with Gasteiger partial charge in [0.15, 0.2) is 0 Å². The topological polar surface area (TPSA) is 52.1 Å². The lowest BCUT2D eigenvalue weighted by atomic mass is 10.1. The predicted octanol–water partition coefficient (Wildman–Crippen LogP) is 1.89. The minimum Gasteiger partial charge on any atom is -0.395 e. The Morgan fingerprint density at radius 3 is 3.00 bits per heavy atom. The van der Waals surface area contributed by atoms with Crippen LogP contribution in [0.25, 0.3) is 0 Å². The van der Waals surface area contributed by atoms with Crippen molar-refractivity contribution in [3.63, 3.8) is 0 Å². The molecule has 0 aliphatic heterocycles. The van der Waals surface area contributed by atoms with Gasteiger partial charge in [0.05, 0.1) is 6.61 Å². The zero-order valence-corrected chi connectivity index (χ0v) is 10.9. The lowest BCUT2D eigenvalue weighted by Crippen LogP contribution is -2.30. The van der Waals surface area contributed by atoms with Crippen LogP contribution < -0.4 is 0 Å². The second-order valence-electron chi connectivity index (χ2n) is 5.03. The van der Waals surface area contributed by atoms with Crippen molar-refractivity contribution < 1.29 is 5.11 Å². The molecule has 4 nitrogen and oxygen atoms in total. The van der Waals surface area contributed by atoms with Gasteiger partial charge in [0, 0.05) is 31.0 Å². The molecule has 1 unspecified atom stereocenters. The Bertz CT molecular complexity index is 524. The van der Waals surface area contributed by atoms with Crippen LogP contribution in [0.15, 0.2) is 36.5 Å². The van der Waals surface area contributed by atoms with Crippen molar-refractivity contribution in [1.29, 1.82) is 0 Å². The van der Waals surface area contributed by atoms with Crippen molar-refractivity contribution in [1.82, 2.24) is 15.1 Å². The fourth-order valence-corrected chi connectivity index (χ4v) is 2.98. The zero-order valence-electron chi connectivity index (χ0n) is 10.9. The Morgan fingerprint density at radius 2 is 2.21 bits per heavy atom. The summed E-state index contributed by atoms with van der Waals surface area (Å²) >= 11 is 0. The zero-order chi connectivity index (χ0) is 13.1. The summed E-state index contributed by atoms with van der Waals surface area (Å²) in [6.45, 7) is 1.68. The summed E-state index contributed by atoms with van der Waals surface area (Å²) in [5, 5.41) is 16.3. The van der Waals surface area contributed by atoms with E-state index in [1.54, 1.807) is 6.20 Å². The number of hydrogen-bond acceptors (Lipinski definition) is 3. The molecule has 4 heteroatoms. The van der Waals surface area contributed by atoms with E-state index in [9.17, 15) is 5.11 Å². The van der Waals surface area contributed by atoms with Gasteiger partial charge in [0.1, 0.15) is 0 Å². The number of aromatic amines is 1.